The molecule has 7 heteroatoms. The van der Waals surface area contributed by atoms with E-state index in [9.17, 15) is 5.11 Å². The lowest BCUT2D eigenvalue weighted by Gasteiger charge is -2.12. The molecule has 6 nitrogen and oxygen atoms in total. The number of hydrogen-bond donors (Lipinski definition) is 1. The molecule has 0 spiro atoms. The average Bonchev–Trinajstić information content (AvgIpc) is 3.07. The molecular weight excluding hydrogens is 360 g/mol. The van der Waals surface area contributed by atoms with Crippen molar-refractivity contribution in [1.82, 2.24) is 19.6 Å². The van der Waals surface area contributed by atoms with Gasteiger partial charge in [-0.2, -0.15) is 0 Å². The van der Waals surface area contributed by atoms with Gasteiger partial charge < -0.3 is 9.84 Å². The van der Waals surface area contributed by atoms with Crippen LogP contribution in [-0.2, 0) is 0 Å². The van der Waals surface area contributed by atoms with Crippen LogP contribution in [0, 0.1) is 13.8 Å². The van der Waals surface area contributed by atoms with Crippen molar-refractivity contribution in [2.24, 2.45) is 0 Å². The van der Waals surface area contributed by atoms with Crippen molar-refractivity contribution in [3.63, 3.8) is 0 Å². The van der Waals surface area contributed by atoms with Crippen LogP contribution in [0.15, 0.2) is 53.7 Å². The monoisotopic (exact) mass is 380 g/mol. The minimum absolute atomic E-state index is 0.221. The summed E-state index contributed by atoms with van der Waals surface area (Å²) < 4.78 is 7.65. The lowest BCUT2D eigenvalue weighted by atomic mass is 10.1. The summed E-state index contributed by atoms with van der Waals surface area (Å²) >= 11 is 1.44. The maximum Gasteiger partial charge on any atom is 0.197 e. The zero-order chi connectivity index (χ0) is 18.8. The fourth-order valence-corrected chi connectivity index (χ4v) is 3.86. The molecule has 0 fully saturated rings. The second-order valence-electron chi connectivity index (χ2n) is 6.41. The minimum Gasteiger partial charge on any atom is -0.491 e. The van der Waals surface area contributed by atoms with Crippen molar-refractivity contribution in [3.8, 4) is 5.75 Å². The van der Waals surface area contributed by atoms with Crippen molar-refractivity contribution < 1.29 is 9.84 Å². The summed E-state index contributed by atoms with van der Waals surface area (Å²) in [5, 5.41) is 21.7. The highest BCUT2D eigenvalue weighted by atomic mass is 32.2. The largest absolute Gasteiger partial charge is 0.491 e. The number of benzene rings is 2. The lowest BCUT2D eigenvalue weighted by molar-refractivity contribution is 0.126. The molecule has 0 amide bonds. The van der Waals surface area contributed by atoms with Gasteiger partial charge in [-0.25, -0.2) is 4.98 Å². The van der Waals surface area contributed by atoms with Crippen molar-refractivity contribution in [2.45, 2.75) is 25.1 Å². The van der Waals surface area contributed by atoms with Crippen LogP contribution in [0.5, 0.6) is 5.75 Å². The van der Waals surface area contributed by atoms with Crippen molar-refractivity contribution in [3.05, 3.63) is 60.0 Å². The zero-order valence-corrected chi connectivity index (χ0v) is 16.0. The van der Waals surface area contributed by atoms with Crippen molar-refractivity contribution >= 4 is 28.2 Å². The first-order valence-corrected chi connectivity index (χ1v) is 9.70. The van der Waals surface area contributed by atoms with Gasteiger partial charge in [0, 0.05) is 17.5 Å². The second kappa shape index (κ2) is 7.54. The Morgan fingerprint density at radius 3 is 2.74 bits per heavy atom. The molecule has 1 unspecified atom stereocenters. The van der Waals surface area contributed by atoms with Gasteiger partial charge in [0.05, 0.1) is 6.10 Å². The van der Waals surface area contributed by atoms with Gasteiger partial charge in [0.1, 0.15) is 18.2 Å². The Balaban J connectivity index is 1.37. The molecule has 2 aromatic heterocycles. The summed E-state index contributed by atoms with van der Waals surface area (Å²) in [6, 6.07) is 15.9. The van der Waals surface area contributed by atoms with Gasteiger partial charge in [0.15, 0.2) is 10.8 Å². The van der Waals surface area contributed by atoms with E-state index >= 15 is 0 Å². The van der Waals surface area contributed by atoms with Crippen LogP contribution in [0.25, 0.3) is 16.4 Å². The predicted octanol–water partition coefficient (Wildman–Crippen LogP) is 3.43. The van der Waals surface area contributed by atoms with E-state index in [2.05, 4.69) is 21.2 Å². The normalized spacial score (nSPS) is 12.6. The minimum atomic E-state index is -0.618. The molecule has 27 heavy (non-hydrogen) atoms. The Bertz CT molecular complexity index is 1100. The molecule has 0 aliphatic heterocycles. The van der Waals surface area contributed by atoms with Gasteiger partial charge in [-0.15, -0.1) is 10.2 Å². The number of rotatable bonds is 6. The molecule has 0 radical (unpaired) electrons. The molecule has 138 valence electrons. The first kappa shape index (κ1) is 17.8. The quantitative estimate of drug-likeness (QED) is 0.517. The average molecular weight is 380 g/mol. The molecule has 1 N–H and O–H groups in total. The molecule has 2 heterocycles. The number of aryl methyl sites for hydroxylation is 2. The number of hydrogen-bond acceptors (Lipinski definition) is 6. The molecule has 0 saturated carbocycles. The van der Waals surface area contributed by atoms with E-state index in [-0.39, 0.29) is 6.61 Å². The predicted molar refractivity (Wildman–Crippen MR) is 106 cm³/mol. The van der Waals surface area contributed by atoms with Crippen LogP contribution >= 0.6 is 11.8 Å². The molecule has 0 bridgehead atoms. The van der Waals surface area contributed by atoms with E-state index in [4.69, 9.17) is 4.74 Å². The van der Waals surface area contributed by atoms with E-state index < -0.39 is 6.10 Å². The summed E-state index contributed by atoms with van der Waals surface area (Å²) in [5.41, 5.74) is 1.68. The number of nitrogens with zero attached hydrogens (tertiary/aromatic N) is 4. The fraction of sp³-hybridized carbons (Fsp3) is 0.250. The van der Waals surface area contributed by atoms with Gasteiger partial charge >= 0.3 is 0 Å². The maximum absolute atomic E-state index is 10.3. The number of aliphatic hydroxyl groups excluding tert-OH is 1. The van der Waals surface area contributed by atoms with Crippen molar-refractivity contribution in [1.29, 1.82) is 0 Å². The van der Waals surface area contributed by atoms with Crippen LogP contribution in [0.1, 0.15) is 11.5 Å². The molecule has 2 aromatic carbocycles. The van der Waals surface area contributed by atoms with E-state index in [0.717, 1.165) is 33.5 Å². The van der Waals surface area contributed by atoms with Crippen LogP contribution in [0.4, 0.5) is 0 Å². The first-order chi connectivity index (χ1) is 13.1. The molecule has 0 aliphatic rings. The Kier molecular flexibility index (Phi) is 4.96. The van der Waals surface area contributed by atoms with Gasteiger partial charge in [-0.05, 0) is 36.8 Å². The van der Waals surface area contributed by atoms with Gasteiger partial charge in [-0.3, -0.25) is 4.40 Å². The third-order valence-corrected chi connectivity index (χ3v) is 5.30. The number of aromatic nitrogens is 4. The van der Waals surface area contributed by atoms with E-state index in [1.807, 2.05) is 60.7 Å². The Hall–Kier alpha value is -2.64. The summed E-state index contributed by atoms with van der Waals surface area (Å²) in [6.07, 6.45) is -0.618. The molecule has 0 saturated heterocycles. The SMILES string of the molecule is Cc1cc2nnc(SCC(O)COc3ccc4ccccc4c3)n2c(C)n1. The van der Waals surface area contributed by atoms with E-state index in [1.165, 1.54) is 17.1 Å². The standard InChI is InChI=1S/C20H20N4O2S/c1-13-9-19-22-23-20(24(19)14(2)21-13)27-12-17(25)11-26-18-8-7-15-5-3-4-6-16(15)10-18/h3-10,17,25H,11-12H2,1-2H3. The Morgan fingerprint density at radius 1 is 1.07 bits per heavy atom. The van der Waals surface area contributed by atoms with Crippen molar-refractivity contribution in [2.75, 3.05) is 12.4 Å². The summed E-state index contributed by atoms with van der Waals surface area (Å²) in [4.78, 5) is 4.45. The summed E-state index contributed by atoms with van der Waals surface area (Å²) in [5.74, 6) is 2.04. The molecule has 0 aliphatic carbocycles. The summed E-state index contributed by atoms with van der Waals surface area (Å²) in [6.45, 7) is 4.08. The highest BCUT2D eigenvalue weighted by Gasteiger charge is 2.13. The molecule has 4 rings (SSSR count). The van der Waals surface area contributed by atoms with Crippen LogP contribution in [0.2, 0.25) is 0 Å². The highest BCUT2D eigenvalue weighted by Crippen LogP contribution is 2.22. The lowest BCUT2D eigenvalue weighted by Crippen LogP contribution is -2.20. The number of aliphatic hydroxyl groups is 1. The fourth-order valence-electron chi connectivity index (χ4n) is 2.97. The number of thioether (sulfide) groups is 1. The van der Waals surface area contributed by atoms with Crippen LogP contribution < -0.4 is 4.74 Å². The second-order valence-corrected chi connectivity index (χ2v) is 7.39. The first-order valence-electron chi connectivity index (χ1n) is 8.72. The Morgan fingerprint density at radius 2 is 1.89 bits per heavy atom. The smallest absolute Gasteiger partial charge is 0.197 e. The zero-order valence-electron chi connectivity index (χ0n) is 15.2. The molecule has 4 aromatic rings. The van der Waals surface area contributed by atoms with E-state index in [1.54, 1.807) is 0 Å². The van der Waals surface area contributed by atoms with Gasteiger partial charge in [0.25, 0.3) is 0 Å². The maximum atomic E-state index is 10.3. The third kappa shape index (κ3) is 3.89. The number of ether oxygens (including phenoxy) is 1. The number of fused-ring (bicyclic) bond motifs is 2. The molecule has 1 atom stereocenters. The van der Waals surface area contributed by atoms with Gasteiger partial charge in [-0.1, -0.05) is 42.1 Å². The Labute approximate surface area is 161 Å². The van der Waals surface area contributed by atoms with Crippen LogP contribution in [-0.4, -0.2) is 43.2 Å². The van der Waals surface area contributed by atoms with E-state index in [0.29, 0.717) is 5.75 Å². The topological polar surface area (TPSA) is 72.5 Å². The summed E-state index contributed by atoms with van der Waals surface area (Å²) in [7, 11) is 0. The van der Waals surface area contributed by atoms with Crippen LogP contribution in [0.3, 0.4) is 0 Å². The highest BCUT2D eigenvalue weighted by molar-refractivity contribution is 7.99. The third-order valence-electron chi connectivity index (χ3n) is 4.23. The molecular formula is C20H20N4O2S. The van der Waals surface area contributed by atoms with Gasteiger partial charge in [0.2, 0.25) is 0 Å².